The Morgan fingerprint density at radius 1 is 0.129 bits per heavy atom. The van der Waals surface area contributed by atoms with Gasteiger partial charge >= 0.3 is 42.7 Å². The van der Waals surface area contributed by atoms with Crippen LogP contribution in [-0.2, 0) is 38.5 Å². The van der Waals surface area contributed by atoms with E-state index < -0.39 is 96.9 Å². The van der Waals surface area contributed by atoms with Crippen molar-refractivity contribution >= 4 is 0 Å². The Morgan fingerprint density at radius 3 is 0.302 bits per heavy atom. The van der Waals surface area contributed by atoms with Gasteiger partial charge in [0.25, 0.3) is 0 Å². The Bertz CT molecular complexity index is 3680. The fourth-order valence-electron chi connectivity index (χ4n) is 10.2. The van der Waals surface area contributed by atoms with Crippen molar-refractivity contribution < 1.29 is 83.4 Å². The van der Waals surface area contributed by atoms with Crippen LogP contribution in [0.2, 0.25) is 0 Å². The van der Waals surface area contributed by atoms with Gasteiger partial charge in [-0.1, -0.05) is 521 Å². The molecule has 0 aromatic heterocycles. The van der Waals surface area contributed by atoms with Gasteiger partial charge in [0.15, 0.2) is 0 Å². The van der Waals surface area contributed by atoms with Crippen molar-refractivity contribution in [1.82, 2.24) is 0 Å². The third kappa shape index (κ3) is 47.8. The van der Waals surface area contributed by atoms with E-state index in [4.69, 9.17) is 0 Å². The summed E-state index contributed by atoms with van der Waals surface area (Å²) < 4.78 is 231. The maximum Gasteiger partial charge on any atom is 0.394 e. The summed E-state index contributed by atoms with van der Waals surface area (Å²) in [5, 5.41) is 0. The van der Waals surface area contributed by atoms with E-state index in [0.29, 0.717) is 32.5 Å². The van der Waals surface area contributed by atoms with E-state index in [9.17, 15) is 83.4 Å². The van der Waals surface area contributed by atoms with E-state index in [-0.39, 0.29) is 35.5 Å². The minimum atomic E-state index is -4.12. The molecule has 0 heterocycles. The summed E-state index contributed by atoms with van der Waals surface area (Å²) in [6.07, 6.45) is -13.8. The van der Waals surface area contributed by atoms with Gasteiger partial charge in [-0.15, -0.1) is 0 Å². The summed E-state index contributed by atoms with van der Waals surface area (Å²) in [6, 6.07) is 64.9. The fourth-order valence-corrected chi connectivity index (χ4v) is 10.2. The van der Waals surface area contributed by atoms with E-state index in [1.54, 1.807) is 104 Å². The fraction of sp³-hybridized carbons (Fsp3) is 0.700. The lowest BCUT2D eigenvalue weighted by Crippen LogP contribution is -2.43. The number of hydrogen-bond acceptors (Lipinski definition) is 0. The van der Waals surface area contributed by atoms with Crippen LogP contribution >= 0.6 is 0 Å². The molecular formula is C120H195F19. The van der Waals surface area contributed by atoms with Crippen LogP contribution in [0.25, 0.3) is 0 Å². The summed E-state index contributed by atoms with van der Waals surface area (Å²) >= 11 is 0. The highest BCUT2D eigenvalue weighted by molar-refractivity contribution is 5.25. The minimum absolute atomic E-state index is 0.188. The summed E-state index contributed by atoms with van der Waals surface area (Å²) in [5.74, 6) is -7.79. The number of rotatable bonds is 13. The van der Waals surface area contributed by atoms with Gasteiger partial charge < -0.3 is 0 Å². The highest BCUT2D eigenvalue weighted by Crippen LogP contribution is 2.56. The maximum absolute atomic E-state index is 12.3. The van der Waals surface area contributed by atoms with Gasteiger partial charge in [0.1, 0.15) is 0 Å². The molecule has 19 heteroatoms. The molecule has 0 aliphatic rings. The number of alkyl halides is 19. The van der Waals surface area contributed by atoms with Crippen molar-refractivity contribution in [3.8, 4) is 0 Å². The Hall–Kier alpha value is -6.01. The lowest BCUT2D eigenvalue weighted by atomic mass is 9.62. The molecule has 6 aromatic carbocycles. The first-order valence-corrected chi connectivity index (χ1v) is 48.8. The first kappa shape index (κ1) is 141. The van der Waals surface area contributed by atoms with Crippen molar-refractivity contribution in [1.29, 1.82) is 0 Å². The van der Waals surface area contributed by atoms with Gasteiger partial charge in [-0.25, -0.2) is 17.6 Å². The van der Waals surface area contributed by atoms with Gasteiger partial charge in [-0.2, -0.15) is 65.9 Å². The van der Waals surface area contributed by atoms with Gasteiger partial charge in [0.2, 0.25) is 0 Å². The molecule has 0 nitrogen and oxygen atoms in total. The topological polar surface area (TPSA) is 0 Å². The Balaban J connectivity index is -0.000000480. The lowest BCUT2D eigenvalue weighted by Gasteiger charge is -2.43. The Kier molecular flexibility index (Phi) is 52.3. The predicted molar refractivity (Wildman–Crippen MR) is 559 cm³/mol. The van der Waals surface area contributed by atoms with Crippen molar-refractivity contribution in [2.45, 2.75) is 434 Å². The van der Waals surface area contributed by atoms with Crippen LogP contribution in [0.1, 0.15) is 386 Å². The van der Waals surface area contributed by atoms with Crippen molar-refractivity contribution in [3.63, 3.8) is 0 Å². The van der Waals surface area contributed by atoms with E-state index in [0.717, 1.165) is 38.5 Å². The summed E-state index contributed by atoms with van der Waals surface area (Å²) in [7, 11) is 0. The summed E-state index contributed by atoms with van der Waals surface area (Å²) in [6.45, 7) is 92.5. The molecule has 0 radical (unpaired) electrons. The largest absolute Gasteiger partial charge is 0.394 e. The van der Waals surface area contributed by atoms with E-state index in [1.165, 1.54) is 103 Å². The van der Waals surface area contributed by atoms with Crippen LogP contribution in [0.3, 0.4) is 0 Å². The lowest BCUT2D eigenvalue weighted by molar-refractivity contribution is -0.244. The van der Waals surface area contributed by atoms with Gasteiger partial charge in [-0.3, -0.25) is 0 Å². The molecule has 0 fully saturated rings. The molecule has 6 rings (SSSR count). The van der Waals surface area contributed by atoms with Gasteiger partial charge in [-0.05, 0) is 153 Å². The highest BCUT2D eigenvalue weighted by Gasteiger charge is 2.59. The standard InChI is InChI=1S/2C20H26.2C14H22.5C8H15F3.C8H18.C4H6F4/c2*1-19(2,3)20(4,15-17-11-7-5-8-12-17)16-18-13-9-6-10-14-18;2*1-13(2,3)14(4,5)11-12-9-7-6-8-10-12;5*1-6(2,3)7(4,5)8(9,10)11;1-7(2,3)8(4,5)6;1-3(5,6)4(2,7)8/h2*5-14H,15-16H2,1-4H3;2*6-10H,11H2,1-5H3;5*1-5H3;1-6H3;1-2H3. The molecule has 0 spiro atoms. The van der Waals surface area contributed by atoms with Gasteiger partial charge in [0.05, 0.1) is 27.1 Å². The highest BCUT2D eigenvalue weighted by atomic mass is 19.4. The Labute approximate surface area is 837 Å². The van der Waals surface area contributed by atoms with Crippen LogP contribution in [0.15, 0.2) is 182 Å². The predicted octanol–water partition coefficient (Wildman–Crippen LogP) is 43.1. The zero-order valence-electron chi connectivity index (χ0n) is 96.2. The molecule has 0 saturated heterocycles. The van der Waals surface area contributed by atoms with Crippen LogP contribution < -0.4 is 0 Å². The average molecular weight is 2000 g/mol. The van der Waals surface area contributed by atoms with E-state index in [1.807, 2.05) is 0 Å². The minimum Gasteiger partial charge on any atom is -0.200 e. The zero-order chi connectivity index (χ0) is 112. The van der Waals surface area contributed by atoms with Gasteiger partial charge in [0, 0.05) is 13.8 Å². The maximum atomic E-state index is 12.3. The zero-order valence-corrected chi connectivity index (χ0v) is 96.2. The number of halogens is 19. The van der Waals surface area contributed by atoms with E-state index in [2.05, 4.69) is 348 Å². The summed E-state index contributed by atoms with van der Waals surface area (Å²) in [5.41, 5.74) is 0.0263. The molecule has 0 N–H and O–H groups in total. The molecular weight excluding hydrogens is 1800 g/mol. The van der Waals surface area contributed by atoms with Crippen LogP contribution in [0.5, 0.6) is 0 Å². The van der Waals surface area contributed by atoms with Crippen LogP contribution in [0.4, 0.5) is 83.4 Å². The second-order valence-corrected chi connectivity index (χ2v) is 54.0. The quantitative estimate of drug-likeness (QED) is 0.101. The second kappa shape index (κ2) is 51.4. The average Bonchev–Trinajstić information content (AvgIpc) is 0.791. The molecule has 6 aromatic rings. The monoisotopic (exact) mass is 2000 g/mol. The first-order valence-electron chi connectivity index (χ1n) is 48.8. The third-order valence-electron chi connectivity index (χ3n) is 32.3. The van der Waals surface area contributed by atoms with Crippen molar-refractivity contribution in [2.24, 2.45) is 108 Å². The summed E-state index contributed by atoms with van der Waals surface area (Å²) in [4.78, 5) is 0. The van der Waals surface area contributed by atoms with Crippen molar-refractivity contribution in [2.75, 3.05) is 0 Å². The molecule has 0 atom stereocenters. The van der Waals surface area contributed by atoms with Crippen LogP contribution in [0, 0.1) is 108 Å². The number of hydrogen-bond donors (Lipinski definition) is 0. The molecule has 0 aliphatic carbocycles. The first-order chi connectivity index (χ1) is 60.5. The van der Waals surface area contributed by atoms with Crippen molar-refractivity contribution in [3.05, 3.63) is 215 Å². The smallest absolute Gasteiger partial charge is 0.200 e. The third-order valence-corrected chi connectivity index (χ3v) is 32.3. The molecule has 0 bridgehead atoms. The van der Waals surface area contributed by atoms with Crippen LogP contribution in [-0.4, -0.2) is 42.7 Å². The molecule has 0 unspecified atom stereocenters. The molecule has 139 heavy (non-hydrogen) atoms. The van der Waals surface area contributed by atoms with E-state index >= 15 is 0 Å². The Morgan fingerprint density at radius 2 is 0.237 bits per heavy atom. The molecule has 808 valence electrons. The second-order valence-electron chi connectivity index (χ2n) is 54.0. The molecule has 0 amide bonds. The normalized spacial score (nSPS) is 13.9. The molecule has 0 saturated carbocycles. The molecule has 0 aliphatic heterocycles. The SMILES string of the molecule is CC(C)(C)C(C)(C)C.CC(C)(C)C(C)(C)C(F)(F)F.CC(C)(C)C(C)(C)C(F)(F)F.CC(C)(C)C(C)(C)C(F)(F)F.CC(C)(C)C(C)(C)C(F)(F)F.CC(C)(C)C(C)(C)C(F)(F)F.CC(C)(C)C(C)(C)Cc1ccccc1.CC(C)(C)C(C)(C)Cc1ccccc1.CC(C)(C)C(C)(Cc1ccccc1)Cc1ccccc1.CC(C)(C)C(C)(Cc1ccccc1)Cc1ccccc1.CC(F)(F)C(C)(F)F. The number of benzene rings is 6.